The van der Waals surface area contributed by atoms with Gasteiger partial charge in [-0.3, -0.25) is 9.48 Å². The van der Waals surface area contributed by atoms with Gasteiger partial charge in [0.2, 0.25) is 0 Å². The maximum absolute atomic E-state index is 12.2. The Morgan fingerprint density at radius 1 is 1.48 bits per heavy atom. The van der Waals surface area contributed by atoms with E-state index >= 15 is 0 Å². The summed E-state index contributed by atoms with van der Waals surface area (Å²) >= 11 is 5.97. The number of aryl methyl sites for hydroxylation is 2. The number of fused-ring (bicyclic) bond motifs is 1. The van der Waals surface area contributed by atoms with Crippen molar-refractivity contribution in [2.45, 2.75) is 13.5 Å². The first-order valence-electron chi connectivity index (χ1n) is 6.49. The molecule has 2 heterocycles. The topological polar surface area (TPSA) is 60.1 Å². The monoisotopic (exact) mass is 303 g/mol. The van der Waals surface area contributed by atoms with Crippen LogP contribution in [-0.4, -0.2) is 15.7 Å². The minimum atomic E-state index is -0.247. The highest BCUT2D eigenvalue weighted by atomic mass is 35.5. The molecule has 1 N–H and O–H groups in total. The fraction of sp³-hybridized carbons (Fsp3) is 0.200. The molecule has 0 atom stereocenters. The number of hydrogen-bond donors (Lipinski definition) is 1. The molecule has 0 aliphatic heterocycles. The Morgan fingerprint density at radius 3 is 3.00 bits per heavy atom. The van der Waals surface area contributed by atoms with Crippen molar-refractivity contribution in [3.05, 3.63) is 52.5 Å². The number of nitrogens with zero attached hydrogens (tertiary/aromatic N) is 2. The van der Waals surface area contributed by atoms with E-state index in [9.17, 15) is 4.79 Å². The van der Waals surface area contributed by atoms with E-state index in [1.54, 1.807) is 29.1 Å². The maximum Gasteiger partial charge on any atom is 0.287 e. The minimum absolute atomic E-state index is 0.247. The van der Waals surface area contributed by atoms with E-state index in [-0.39, 0.29) is 5.91 Å². The Morgan fingerprint density at radius 2 is 2.29 bits per heavy atom. The molecule has 2 aromatic heterocycles. The molecule has 3 rings (SSSR count). The highest BCUT2D eigenvalue weighted by Crippen LogP contribution is 2.27. The highest BCUT2D eigenvalue weighted by molar-refractivity contribution is 6.31. The number of amides is 1. The van der Waals surface area contributed by atoms with Gasteiger partial charge in [0.05, 0.1) is 6.20 Å². The molecule has 5 nitrogen and oxygen atoms in total. The van der Waals surface area contributed by atoms with Gasteiger partial charge in [0.1, 0.15) is 5.58 Å². The van der Waals surface area contributed by atoms with E-state index < -0.39 is 0 Å². The molecular weight excluding hydrogens is 290 g/mol. The van der Waals surface area contributed by atoms with Crippen LogP contribution in [0.2, 0.25) is 5.02 Å². The molecule has 0 spiro atoms. The average Bonchev–Trinajstić information content (AvgIpc) is 3.01. The molecule has 1 aromatic carbocycles. The van der Waals surface area contributed by atoms with Gasteiger partial charge in [-0.05, 0) is 25.1 Å². The smallest absolute Gasteiger partial charge is 0.287 e. The lowest BCUT2D eigenvalue weighted by atomic mass is 10.1. The summed E-state index contributed by atoms with van der Waals surface area (Å²) in [5.41, 5.74) is 2.38. The van der Waals surface area contributed by atoms with Gasteiger partial charge in [0.25, 0.3) is 5.91 Å². The van der Waals surface area contributed by atoms with Crippen molar-refractivity contribution in [2.75, 3.05) is 0 Å². The van der Waals surface area contributed by atoms with Gasteiger partial charge in [0, 0.05) is 41.3 Å². The lowest BCUT2D eigenvalue weighted by molar-refractivity contribution is 0.0924. The van der Waals surface area contributed by atoms with Crippen molar-refractivity contribution in [1.29, 1.82) is 0 Å². The maximum atomic E-state index is 12.2. The number of rotatable bonds is 3. The number of carbonyl (C=O) groups is 1. The Labute approximate surface area is 126 Å². The van der Waals surface area contributed by atoms with Gasteiger partial charge in [-0.2, -0.15) is 5.10 Å². The summed E-state index contributed by atoms with van der Waals surface area (Å²) in [7, 11) is 1.83. The van der Waals surface area contributed by atoms with Crippen molar-refractivity contribution in [2.24, 2.45) is 7.05 Å². The quantitative estimate of drug-likeness (QED) is 0.809. The van der Waals surface area contributed by atoms with Crippen LogP contribution in [0.3, 0.4) is 0 Å². The number of furan rings is 1. The van der Waals surface area contributed by atoms with E-state index in [0.29, 0.717) is 22.9 Å². The third-order valence-corrected chi connectivity index (χ3v) is 3.55. The Bertz CT molecular complexity index is 820. The van der Waals surface area contributed by atoms with Crippen LogP contribution in [0.5, 0.6) is 0 Å². The SMILES string of the molecule is Cc1c(C(=O)NCc2cnn(C)c2)oc2ccc(Cl)cc12. The summed E-state index contributed by atoms with van der Waals surface area (Å²) in [6.45, 7) is 2.26. The van der Waals surface area contributed by atoms with Gasteiger partial charge >= 0.3 is 0 Å². The normalized spacial score (nSPS) is 11.0. The summed E-state index contributed by atoms with van der Waals surface area (Å²) < 4.78 is 7.31. The van der Waals surface area contributed by atoms with E-state index in [0.717, 1.165) is 16.5 Å². The van der Waals surface area contributed by atoms with Crippen LogP contribution in [-0.2, 0) is 13.6 Å². The van der Waals surface area contributed by atoms with Crippen LogP contribution in [0.1, 0.15) is 21.7 Å². The molecule has 0 aliphatic carbocycles. The second-order valence-corrected chi connectivity index (χ2v) is 5.34. The number of aromatic nitrogens is 2. The molecule has 0 bridgehead atoms. The summed E-state index contributed by atoms with van der Waals surface area (Å²) in [5.74, 6) is 0.0693. The van der Waals surface area contributed by atoms with Gasteiger partial charge in [-0.25, -0.2) is 0 Å². The van der Waals surface area contributed by atoms with Crippen molar-refractivity contribution < 1.29 is 9.21 Å². The Hall–Kier alpha value is -2.27. The summed E-state index contributed by atoms with van der Waals surface area (Å²) in [5, 5.41) is 8.36. The predicted octanol–water partition coefficient (Wildman–Crippen LogP) is 3.06. The molecule has 0 unspecified atom stereocenters. The van der Waals surface area contributed by atoms with E-state index in [4.69, 9.17) is 16.0 Å². The largest absolute Gasteiger partial charge is 0.451 e. The second kappa shape index (κ2) is 5.26. The van der Waals surface area contributed by atoms with Crippen LogP contribution < -0.4 is 5.32 Å². The van der Waals surface area contributed by atoms with Crippen LogP contribution in [0, 0.1) is 6.92 Å². The second-order valence-electron chi connectivity index (χ2n) is 4.90. The molecule has 21 heavy (non-hydrogen) atoms. The molecule has 0 aliphatic rings. The molecule has 6 heteroatoms. The third kappa shape index (κ3) is 2.64. The van der Waals surface area contributed by atoms with Crippen molar-refractivity contribution >= 4 is 28.5 Å². The van der Waals surface area contributed by atoms with Crippen LogP contribution in [0.25, 0.3) is 11.0 Å². The number of hydrogen-bond acceptors (Lipinski definition) is 3. The molecule has 0 fully saturated rings. The lowest BCUT2D eigenvalue weighted by Crippen LogP contribution is -2.22. The lowest BCUT2D eigenvalue weighted by Gasteiger charge is -2.01. The van der Waals surface area contributed by atoms with Gasteiger partial charge in [0.15, 0.2) is 5.76 Å². The van der Waals surface area contributed by atoms with E-state index in [2.05, 4.69) is 10.4 Å². The van der Waals surface area contributed by atoms with Crippen LogP contribution in [0.15, 0.2) is 35.0 Å². The average molecular weight is 304 g/mol. The van der Waals surface area contributed by atoms with Gasteiger partial charge < -0.3 is 9.73 Å². The Kier molecular flexibility index (Phi) is 3.43. The zero-order chi connectivity index (χ0) is 15.0. The molecule has 108 valence electrons. The summed E-state index contributed by atoms with van der Waals surface area (Å²) in [4.78, 5) is 12.2. The highest BCUT2D eigenvalue weighted by Gasteiger charge is 2.17. The van der Waals surface area contributed by atoms with Crippen molar-refractivity contribution in [1.82, 2.24) is 15.1 Å². The first-order chi connectivity index (χ1) is 10.0. The summed E-state index contributed by atoms with van der Waals surface area (Å²) in [6.07, 6.45) is 3.57. The standard InChI is InChI=1S/C15H14ClN3O2/c1-9-12-5-11(16)3-4-13(12)21-14(9)15(20)17-6-10-7-18-19(2)8-10/h3-5,7-8H,6H2,1-2H3,(H,17,20). The fourth-order valence-corrected chi connectivity index (χ4v) is 2.41. The molecule has 0 radical (unpaired) electrons. The van der Waals surface area contributed by atoms with E-state index in [1.807, 2.05) is 20.2 Å². The number of carbonyl (C=O) groups excluding carboxylic acids is 1. The van der Waals surface area contributed by atoms with Gasteiger partial charge in [-0.1, -0.05) is 11.6 Å². The number of halogens is 1. The zero-order valence-electron chi connectivity index (χ0n) is 11.7. The summed E-state index contributed by atoms with van der Waals surface area (Å²) in [6, 6.07) is 5.31. The first-order valence-corrected chi connectivity index (χ1v) is 6.87. The first kappa shape index (κ1) is 13.7. The zero-order valence-corrected chi connectivity index (χ0v) is 12.4. The van der Waals surface area contributed by atoms with E-state index in [1.165, 1.54) is 0 Å². The molecule has 1 amide bonds. The number of nitrogens with one attached hydrogen (secondary N) is 1. The molecule has 0 saturated heterocycles. The molecule has 0 saturated carbocycles. The van der Waals surface area contributed by atoms with Crippen LogP contribution in [0.4, 0.5) is 0 Å². The minimum Gasteiger partial charge on any atom is -0.451 e. The number of benzene rings is 1. The predicted molar refractivity (Wildman–Crippen MR) is 80.3 cm³/mol. The van der Waals surface area contributed by atoms with Gasteiger partial charge in [-0.15, -0.1) is 0 Å². The van der Waals surface area contributed by atoms with Crippen molar-refractivity contribution in [3.8, 4) is 0 Å². The Balaban J connectivity index is 1.82. The van der Waals surface area contributed by atoms with Crippen molar-refractivity contribution in [3.63, 3.8) is 0 Å². The van der Waals surface area contributed by atoms with Crippen LogP contribution >= 0.6 is 11.6 Å². The fourth-order valence-electron chi connectivity index (χ4n) is 2.24. The molecule has 3 aromatic rings. The molecular formula is C15H14ClN3O2. The third-order valence-electron chi connectivity index (χ3n) is 3.32.